The van der Waals surface area contributed by atoms with Gasteiger partial charge in [-0.3, -0.25) is 9.59 Å². The maximum atomic E-state index is 11.8. The van der Waals surface area contributed by atoms with Crippen molar-refractivity contribution in [2.24, 2.45) is 0 Å². The molecule has 0 atom stereocenters. The Labute approximate surface area is 116 Å². The number of Topliss-reactive ketones (excluding diaryl/α,β-unsaturated/α-hetero) is 1. The highest BCUT2D eigenvalue weighted by Crippen LogP contribution is 2.09. The van der Waals surface area contributed by atoms with Gasteiger partial charge in [0.1, 0.15) is 0 Å². The van der Waals surface area contributed by atoms with Crippen molar-refractivity contribution in [3.05, 3.63) is 65.7 Å². The minimum atomic E-state index is -0.654. The number of hydrogen-bond acceptors (Lipinski definition) is 3. The van der Waals surface area contributed by atoms with Gasteiger partial charge in [0.05, 0.1) is 11.6 Å². The average molecular weight is 264 g/mol. The Kier molecular flexibility index (Phi) is 4.25. The maximum Gasteiger partial charge on any atom is 0.292 e. The first kappa shape index (κ1) is 13.5. The highest BCUT2D eigenvalue weighted by atomic mass is 16.2. The molecular formula is C16H12N2O2. The van der Waals surface area contributed by atoms with E-state index < -0.39 is 11.7 Å². The van der Waals surface area contributed by atoms with E-state index in [9.17, 15) is 9.59 Å². The van der Waals surface area contributed by atoms with Gasteiger partial charge in [0.2, 0.25) is 5.78 Å². The van der Waals surface area contributed by atoms with Crippen molar-refractivity contribution in [2.45, 2.75) is 6.42 Å². The Morgan fingerprint density at radius 2 is 1.65 bits per heavy atom. The zero-order chi connectivity index (χ0) is 14.4. The minimum absolute atomic E-state index is 0.0724. The van der Waals surface area contributed by atoms with Gasteiger partial charge in [-0.25, -0.2) is 0 Å². The molecule has 0 aliphatic carbocycles. The van der Waals surface area contributed by atoms with Crippen molar-refractivity contribution in [3.8, 4) is 6.07 Å². The SMILES string of the molecule is N#Cc1ccc(NC(=O)C(=O)Cc2ccccc2)cc1. The Morgan fingerprint density at radius 3 is 2.25 bits per heavy atom. The molecule has 0 aromatic heterocycles. The van der Waals surface area contributed by atoms with Crippen LogP contribution in [-0.2, 0) is 16.0 Å². The zero-order valence-corrected chi connectivity index (χ0v) is 10.7. The molecule has 0 aliphatic heterocycles. The summed E-state index contributed by atoms with van der Waals surface area (Å²) in [5.74, 6) is -1.15. The minimum Gasteiger partial charge on any atom is -0.319 e. The maximum absolute atomic E-state index is 11.8. The van der Waals surface area contributed by atoms with Crippen molar-refractivity contribution in [2.75, 3.05) is 5.32 Å². The first-order valence-electron chi connectivity index (χ1n) is 6.07. The van der Waals surface area contributed by atoms with Gasteiger partial charge in [0.25, 0.3) is 5.91 Å². The fraction of sp³-hybridized carbons (Fsp3) is 0.0625. The number of carbonyl (C=O) groups is 2. The van der Waals surface area contributed by atoms with Crippen LogP contribution in [0, 0.1) is 11.3 Å². The molecule has 4 heteroatoms. The summed E-state index contributed by atoms with van der Waals surface area (Å²) in [5, 5.41) is 11.2. The normalized spacial score (nSPS) is 9.55. The van der Waals surface area contributed by atoms with Crippen molar-refractivity contribution >= 4 is 17.4 Å². The van der Waals surface area contributed by atoms with Crippen molar-refractivity contribution in [3.63, 3.8) is 0 Å². The number of hydrogen-bond donors (Lipinski definition) is 1. The standard InChI is InChI=1S/C16H12N2O2/c17-11-13-6-8-14(9-7-13)18-16(20)15(19)10-12-4-2-1-3-5-12/h1-9H,10H2,(H,18,20). The molecule has 0 saturated heterocycles. The number of benzene rings is 2. The molecule has 0 heterocycles. The molecule has 0 radical (unpaired) electrons. The van der Waals surface area contributed by atoms with E-state index in [2.05, 4.69) is 5.32 Å². The second-order valence-electron chi connectivity index (χ2n) is 4.23. The molecule has 0 bridgehead atoms. The molecule has 0 unspecified atom stereocenters. The van der Waals surface area contributed by atoms with Crippen LogP contribution in [0.3, 0.4) is 0 Å². The van der Waals surface area contributed by atoms with Gasteiger partial charge in [0, 0.05) is 12.1 Å². The highest BCUT2D eigenvalue weighted by molar-refractivity contribution is 6.41. The van der Waals surface area contributed by atoms with Crippen LogP contribution in [0.4, 0.5) is 5.69 Å². The summed E-state index contributed by atoms with van der Waals surface area (Å²) >= 11 is 0. The number of anilines is 1. The second kappa shape index (κ2) is 6.30. The van der Waals surface area contributed by atoms with Crippen LogP contribution in [0.5, 0.6) is 0 Å². The fourth-order valence-corrected chi connectivity index (χ4v) is 1.69. The lowest BCUT2D eigenvalue weighted by atomic mass is 10.1. The summed E-state index contributed by atoms with van der Waals surface area (Å²) in [5.41, 5.74) is 1.79. The van der Waals surface area contributed by atoms with Crippen LogP contribution >= 0.6 is 0 Å². The Morgan fingerprint density at radius 1 is 1.00 bits per heavy atom. The molecule has 1 N–H and O–H groups in total. The highest BCUT2D eigenvalue weighted by Gasteiger charge is 2.14. The van der Waals surface area contributed by atoms with E-state index in [4.69, 9.17) is 5.26 Å². The van der Waals surface area contributed by atoms with E-state index in [0.29, 0.717) is 11.3 Å². The molecule has 2 rings (SSSR count). The molecular weight excluding hydrogens is 252 g/mol. The summed E-state index contributed by atoms with van der Waals surface area (Å²) in [4.78, 5) is 23.5. The van der Waals surface area contributed by atoms with Gasteiger partial charge in [-0.15, -0.1) is 0 Å². The number of carbonyl (C=O) groups excluding carboxylic acids is 2. The van der Waals surface area contributed by atoms with E-state index in [0.717, 1.165) is 5.56 Å². The topological polar surface area (TPSA) is 70.0 Å². The Hall–Kier alpha value is -2.93. The third-order valence-corrected chi connectivity index (χ3v) is 2.73. The Bertz CT molecular complexity index is 655. The van der Waals surface area contributed by atoms with E-state index in [1.165, 1.54) is 0 Å². The predicted molar refractivity (Wildman–Crippen MR) is 74.9 cm³/mol. The molecule has 0 aliphatic rings. The van der Waals surface area contributed by atoms with E-state index in [-0.39, 0.29) is 6.42 Å². The molecule has 0 saturated carbocycles. The van der Waals surface area contributed by atoms with Crippen LogP contribution in [0.25, 0.3) is 0 Å². The smallest absolute Gasteiger partial charge is 0.292 e. The number of ketones is 1. The zero-order valence-electron chi connectivity index (χ0n) is 10.7. The summed E-state index contributed by atoms with van der Waals surface area (Å²) in [6, 6.07) is 17.4. The lowest BCUT2D eigenvalue weighted by molar-refractivity contribution is -0.134. The van der Waals surface area contributed by atoms with Gasteiger partial charge in [-0.2, -0.15) is 5.26 Å². The van der Waals surface area contributed by atoms with Crippen LogP contribution in [0.15, 0.2) is 54.6 Å². The van der Waals surface area contributed by atoms with E-state index in [1.807, 2.05) is 24.3 Å². The molecule has 98 valence electrons. The summed E-state index contributed by atoms with van der Waals surface area (Å²) in [7, 11) is 0. The molecule has 0 spiro atoms. The number of rotatable bonds is 4. The number of nitrogens with zero attached hydrogens (tertiary/aromatic N) is 1. The molecule has 1 amide bonds. The van der Waals surface area contributed by atoms with Gasteiger partial charge in [-0.05, 0) is 29.8 Å². The molecule has 4 nitrogen and oxygen atoms in total. The van der Waals surface area contributed by atoms with Gasteiger partial charge in [0.15, 0.2) is 0 Å². The van der Waals surface area contributed by atoms with Gasteiger partial charge < -0.3 is 5.32 Å². The van der Waals surface area contributed by atoms with Crippen LogP contribution < -0.4 is 5.32 Å². The molecule has 2 aromatic rings. The number of nitrogens with one attached hydrogen (secondary N) is 1. The third-order valence-electron chi connectivity index (χ3n) is 2.73. The molecule has 20 heavy (non-hydrogen) atoms. The Balaban J connectivity index is 1.97. The van der Waals surface area contributed by atoms with Crippen LogP contribution in [0.1, 0.15) is 11.1 Å². The fourth-order valence-electron chi connectivity index (χ4n) is 1.69. The lowest BCUT2D eigenvalue weighted by Crippen LogP contribution is -2.24. The summed E-state index contributed by atoms with van der Waals surface area (Å²) in [6.07, 6.45) is 0.0724. The summed E-state index contributed by atoms with van der Waals surface area (Å²) in [6.45, 7) is 0. The number of nitriles is 1. The predicted octanol–water partition coefficient (Wildman–Crippen LogP) is 2.31. The molecule has 0 fully saturated rings. The van der Waals surface area contributed by atoms with Crippen LogP contribution in [0.2, 0.25) is 0 Å². The van der Waals surface area contributed by atoms with E-state index in [1.54, 1.807) is 36.4 Å². The van der Waals surface area contributed by atoms with Crippen molar-refractivity contribution < 1.29 is 9.59 Å². The number of amides is 1. The largest absolute Gasteiger partial charge is 0.319 e. The van der Waals surface area contributed by atoms with Crippen molar-refractivity contribution in [1.82, 2.24) is 0 Å². The van der Waals surface area contributed by atoms with Gasteiger partial charge in [-0.1, -0.05) is 30.3 Å². The quantitative estimate of drug-likeness (QED) is 0.861. The third kappa shape index (κ3) is 3.53. The van der Waals surface area contributed by atoms with Crippen molar-refractivity contribution in [1.29, 1.82) is 5.26 Å². The summed E-state index contributed by atoms with van der Waals surface area (Å²) < 4.78 is 0. The van der Waals surface area contributed by atoms with Crippen LogP contribution in [-0.4, -0.2) is 11.7 Å². The second-order valence-corrected chi connectivity index (χ2v) is 4.23. The van der Waals surface area contributed by atoms with E-state index >= 15 is 0 Å². The van der Waals surface area contributed by atoms with Gasteiger partial charge >= 0.3 is 0 Å². The first-order valence-corrected chi connectivity index (χ1v) is 6.07. The lowest BCUT2D eigenvalue weighted by Gasteiger charge is -2.04. The first-order chi connectivity index (χ1) is 9.69. The molecule has 2 aromatic carbocycles. The monoisotopic (exact) mass is 264 g/mol. The average Bonchev–Trinajstić information content (AvgIpc) is 2.49.